The van der Waals surface area contributed by atoms with Crippen LogP contribution in [0.25, 0.3) is 0 Å². The third-order valence-electron chi connectivity index (χ3n) is 6.69. The summed E-state index contributed by atoms with van der Waals surface area (Å²) in [6.45, 7) is 18.1. The maximum absolute atomic E-state index is 4.82. The highest BCUT2D eigenvalue weighted by Gasteiger charge is 2.37. The van der Waals surface area contributed by atoms with Crippen molar-refractivity contribution in [3.8, 4) is 0 Å². The number of hydrogen-bond donors (Lipinski definition) is 0. The van der Waals surface area contributed by atoms with Crippen molar-refractivity contribution >= 4 is 22.7 Å². The average Bonchev–Trinajstić information content (AvgIpc) is 3.04. The lowest BCUT2D eigenvalue weighted by Gasteiger charge is -2.35. The van der Waals surface area contributed by atoms with Gasteiger partial charge in [-0.05, 0) is 66.5 Å². The van der Waals surface area contributed by atoms with E-state index in [4.69, 9.17) is 4.98 Å². The van der Waals surface area contributed by atoms with Gasteiger partial charge in [-0.1, -0.05) is 71.9 Å². The van der Waals surface area contributed by atoms with E-state index in [-0.39, 0.29) is 6.17 Å². The van der Waals surface area contributed by atoms with Crippen molar-refractivity contribution < 1.29 is 0 Å². The van der Waals surface area contributed by atoms with Crippen molar-refractivity contribution in [3.05, 3.63) is 77.1 Å². The number of para-hydroxylation sites is 3. The van der Waals surface area contributed by atoms with E-state index < -0.39 is 0 Å². The van der Waals surface area contributed by atoms with Crippen molar-refractivity contribution in [3.63, 3.8) is 0 Å². The normalized spacial score (nSPS) is 15.9. The van der Waals surface area contributed by atoms with Gasteiger partial charge in [0, 0.05) is 5.69 Å². The summed E-state index contributed by atoms with van der Waals surface area (Å²) in [5.74, 6) is 1.32. The van der Waals surface area contributed by atoms with Crippen LogP contribution >= 0.6 is 0 Å². The Morgan fingerprint density at radius 1 is 0.719 bits per heavy atom. The Morgan fingerprint density at radius 2 is 1.28 bits per heavy atom. The molecule has 2 aromatic carbocycles. The number of nitrogens with zero attached hydrogens (tertiary/aromatic N) is 3. The van der Waals surface area contributed by atoms with Crippen molar-refractivity contribution in [2.75, 3.05) is 9.80 Å². The van der Waals surface area contributed by atoms with Gasteiger partial charge in [-0.2, -0.15) is 0 Å². The highest BCUT2D eigenvalue weighted by Crippen LogP contribution is 2.51. The van der Waals surface area contributed by atoms with Crippen molar-refractivity contribution in [1.29, 1.82) is 0 Å². The molecule has 0 spiro atoms. The molecule has 2 heterocycles. The number of pyridine rings is 1. The molecular weight excluding hydrogens is 390 g/mol. The van der Waals surface area contributed by atoms with Gasteiger partial charge in [-0.3, -0.25) is 4.98 Å². The quantitative estimate of drug-likeness (QED) is 0.407. The summed E-state index contributed by atoms with van der Waals surface area (Å²) in [6, 6.07) is 17.9. The van der Waals surface area contributed by atoms with Gasteiger partial charge < -0.3 is 9.80 Å². The predicted molar refractivity (Wildman–Crippen MR) is 138 cm³/mol. The van der Waals surface area contributed by atoms with Crippen LogP contribution in [0.5, 0.6) is 0 Å². The SMILES string of the molecule is Cc1cc(C(C)C)ncc1N1c2ccccc2N(c2c(C(C)C)cccc2C(C)C)[C@H]1C. The fourth-order valence-electron chi connectivity index (χ4n) is 4.96. The first-order valence-electron chi connectivity index (χ1n) is 12.0. The number of anilines is 4. The van der Waals surface area contributed by atoms with Gasteiger partial charge in [0.05, 0.1) is 28.9 Å². The third kappa shape index (κ3) is 3.68. The van der Waals surface area contributed by atoms with E-state index in [0.717, 1.165) is 5.69 Å². The molecule has 0 unspecified atom stereocenters. The van der Waals surface area contributed by atoms with E-state index in [9.17, 15) is 0 Å². The zero-order valence-corrected chi connectivity index (χ0v) is 20.8. The predicted octanol–water partition coefficient (Wildman–Crippen LogP) is 8.40. The van der Waals surface area contributed by atoms with Crippen LogP contribution in [0.2, 0.25) is 0 Å². The highest BCUT2D eigenvalue weighted by molar-refractivity contribution is 5.90. The molecule has 32 heavy (non-hydrogen) atoms. The van der Waals surface area contributed by atoms with Crippen LogP contribution in [0.4, 0.5) is 22.7 Å². The van der Waals surface area contributed by atoms with E-state index in [0.29, 0.717) is 17.8 Å². The lowest BCUT2D eigenvalue weighted by atomic mass is 9.91. The molecule has 0 saturated heterocycles. The topological polar surface area (TPSA) is 19.4 Å². The lowest BCUT2D eigenvalue weighted by molar-refractivity contribution is 0.733. The van der Waals surface area contributed by atoms with Crippen LogP contribution in [0.1, 0.15) is 88.6 Å². The number of fused-ring (bicyclic) bond motifs is 1. The summed E-state index contributed by atoms with van der Waals surface area (Å²) in [5, 5.41) is 0. The molecule has 1 atom stereocenters. The van der Waals surface area contributed by atoms with Crippen LogP contribution < -0.4 is 9.80 Å². The molecule has 0 bridgehead atoms. The molecule has 0 fully saturated rings. The molecule has 3 nitrogen and oxygen atoms in total. The van der Waals surface area contributed by atoms with Crippen molar-refractivity contribution in [1.82, 2.24) is 4.98 Å². The molecule has 3 heteroatoms. The van der Waals surface area contributed by atoms with Gasteiger partial charge in [-0.25, -0.2) is 0 Å². The summed E-state index contributed by atoms with van der Waals surface area (Å²) in [5.41, 5.74) is 10.3. The average molecular weight is 428 g/mol. The molecule has 1 aliphatic heterocycles. The first-order valence-corrected chi connectivity index (χ1v) is 12.0. The fraction of sp³-hybridized carbons (Fsp3) is 0.414. The molecule has 0 amide bonds. The number of benzene rings is 2. The lowest BCUT2D eigenvalue weighted by Crippen LogP contribution is -2.37. The molecule has 4 rings (SSSR count). The summed E-state index contributed by atoms with van der Waals surface area (Å²) >= 11 is 0. The number of hydrogen-bond acceptors (Lipinski definition) is 3. The second kappa shape index (κ2) is 8.61. The van der Waals surface area contributed by atoms with Crippen molar-refractivity contribution in [2.24, 2.45) is 0 Å². The molecule has 0 N–H and O–H groups in total. The highest BCUT2D eigenvalue weighted by atomic mass is 15.4. The van der Waals surface area contributed by atoms with Crippen LogP contribution in [-0.4, -0.2) is 11.1 Å². The molecule has 3 aromatic rings. The first kappa shape index (κ1) is 22.4. The zero-order valence-electron chi connectivity index (χ0n) is 20.8. The van der Waals surface area contributed by atoms with Crippen LogP contribution in [0, 0.1) is 6.92 Å². The number of aryl methyl sites for hydroxylation is 1. The van der Waals surface area contributed by atoms with E-state index in [1.54, 1.807) is 0 Å². The second-order valence-corrected chi connectivity index (χ2v) is 10.0. The second-order valence-electron chi connectivity index (χ2n) is 10.0. The van der Waals surface area contributed by atoms with Gasteiger partial charge in [0.1, 0.15) is 6.17 Å². The zero-order chi connectivity index (χ0) is 23.2. The Hall–Kier alpha value is -2.81. The van der Waals surface area contributed by atoms with Crippen LogP contribution in [0.15, 0.2) is 54.7 Å². The van der Waals surface area contributed by atoms with E-state index in [1.165, 1.54) is 39.4 Å². The largest absolute Gasteiger partial charge is 0.318 e. The molecule has 0 aliphatic carbocycles. The first-order chi connectivity index (χ1) is 15.2. The van der Waals surface area contributed by atoms with Crippen LogP contribution in [0.3, 0.4) is 0 Å². The maximum Gasteiger partial charge on any atom is 0.108 e. The van der Waals surface area contributed by atoms with Crippen LogP contribution in [-0.2, 0) is 0 Å². The summed E-state index contributed by atoms with van der Waals surface area (Å²) in [6.07, 6.45) is 2.22. The molecule has 1 aromatic heterocycles. The maximum atomic E-state index is 4.82. The van der Waals surface area contributed by atoms with Gasteiger partial charge in [0.25, 0.3) is 0 Å². The van der Waals surface area contributed by atoms with Crippen molar-refractivity contribution in [2.45, 2.75) is 79.3 Å². The van der Waals surface area contributed by atoms with E-state index >= 15 is 0 Å². The molecule has 0 saturated carbocycles. The molecular formula is C29H37N3. The summed E-state index contributed by atoms with van der Waals surface area (Å²) in [4.78, 5) is 9.83. The number of rotatable bonds is 5. The Labute approximate surface area is 194 Å². The molecule has 168 valence electrons. The van der Waals surface area contributed by atoms with Gasteiger partial charge in [0.2, 0.25) is 0 Å². The standard InChI is InChI=1S/C29H37N3/c1-18(2)23-12-11-13-24(19(3)4)29(23)32-22(8)31(26-14-9-10-15-27(26)32)28-17-30-25(20(5)6)16-21(28)7/h9-20,22H,1-8H3/t22-/m0/s1. The van der Waals surface area contributed by atoms with Gasteiger partial charge in [0.15, 0.2) is 0 Å². The van der Waals surface area contributed by atoms with Gasteiger partial charge >= 0.3 is 0 Å². The van der Waals surface area contributed by atoms with E-state index in [1.807, 2.05) is 0 Å². The summed E-state index contributed by atoms with van der Waals surface area (Å²) < 4.78 is 0. The Kier molecular flexibility index (Phi) is 6.03. The summed E-state index contributed by atoms with van der Waals surface area (Å²) in [7, 11) is 0. The van der Waals surface area contributed by atoms with Gasteiger partial charge in [-0.15, -0.1) is 0 Å². The minimum absolute atomic E-state index is 0.148. The minimum atomic E-state index is 0.148. The molecule has 1 aliphatic rings. The van der Waals surface area contributed by atoms with E-state index in [2.05, 4.69) is 120 Å². The molecule has 0 radical (unpaired) electrons. The monoisotopic (exact) mass is 427 g/mol. The third-order valence-corrected chi connectivity index (χ3v) is 6.69. The number of aromatic nitrogens is 1. The Morgan fingerprint density at radius 3 is 1.78 bits per heavy atom. The fourth-order valence-corrected chi connectivity index (χ4v) is 4.96. The Bertz CT molecular complexity index is 1090. The minimum Gasteiger partial charge on any atom is -0.318 e. The smallest absolute Gasteiger partial charge is 0.108 e. The Balaban J connectivity index is 1.92.